The van der Waals surface area contributed by atoms with E-state index in [4.69, 9.17) is 11.6 Å². The monoisotopic (exact) mass is 220 g/mol. The van der Waals surface area contributed by atoms with Crippen LogP contribution in [0.2, 0.25) is 5.02 Å². The molecule has 0 spiro atoms. The van der Waals surface area contributed by atoms with Gasteiger partial charge in [-0.25, -0.2) is 0 Å². The van der Waals surface area contributed by atoms with Crippen LogP contribution < -0.4 is 0 Å². The summed E-state index contributed by atoms with van der Waals surface area (Å²) in [5.74, 6) is 5.88. The minimum Gasteiger partial charge on any atom is -0.299 e. The van der Waals surface area contributed by atoms with Crippen molar-refractivity contribution in [1.82, 2.24) is 0 Å². The van der Waals surface area contributed by atoms with Crippen molar-refractivity contribution >= 4 is 17.4 Å². The molecule has 0 saturated carbocycles. The van der Waals surface area contributed by atoms with E-state index in [1.54, 1.807) is 19.1 Å². The predicted molar refractivity (Wildman–Crippen MR) is 62.8 cm³/mol. The van der Waals surface area contributed by atoms with Gasteiger partial charge < -0.3 is 0 Å². The lowest BCUT2D eigenvalue weighted by atomic mass is 10.1. The van der Waals surface area contributed by atoms with Crippen molar-refractivity contribution in [3.05, 3.63) is 34.9 Å². The van der Waals surface area contributed by atoms with Crippen molar-refractivity contribution in [2.75, 3.05) is 0 Å². The van der Waals surface area contributed by atoms with Crippen LogP contribution in [0.3, 0.4) is 0 Å². The Bertz CT molecular complexity index is 381. The van der Waals surface area contributed by atoms with Crippen LogP contribution in [0.1, 0.15) is 25.3 Å². The van der Waals surface area contributed by atoms with Gasteiger partial charge in [-0.1, -0.05) is 23.7 Å². The number of ketones is 1. The minimum atomic E-state index is 0.222. The van der Waals surface area contributed by atoms with Crippen molar-refractivity contribution in [2.45, 2.75) is 26.2 Å². The molecule has 1 rings (SSSR count). The van der Waals surface area contributed by atoms with E-state index in [-0.39, 0.29) is 5.78 Å². The first-order valence-electron chi connectivity index (χ1n) is 4.88. The zero-order valence-electron chi connectivity index (χ0n) is 8.72. The molecule has 0 aliphatic rings. The maximum Gasteiger partial charge on any atom is 0.138 e. The lowest BCUT2D eigenvalue weighted by Crippen LogP contribution is -2.01. The van der Waals surface area contributed by atoms with E-state index in [9.17, 15) is 4.79 Å². The largest absolute Gasteiger partial charge is 0.299 e. The highest BCUT2D eigenvalue weighted by molar-refractivity contribution is 6.30. The fourth-order valence-corrected chi connectivity index (χ4v) is 1.37. The minimum absolute atomic E-state index is 0.222. The summed E-state index contributed by atoms with van der Waals surface area (Å²) >= 11 is 5.75. The number of carbonyl (C=O) groups is 1. The van der Waals surface area contributed by atoms with Crippen LogP contribution in [-0.4, -0.2) is 5.78 Å². The second-order valence-corrected chi connectivity index (χ2v) is 3.71. The van der Waals surface area contributed by atoms with Gasteiger partial charge >= 0.3 is 0 Å². The van der Waals surface area contributed by atoms with Crippen molar-refractivity contribution in [3.63, 3.8) is 0 Å². The van der Waals surface area contributed by atoms with Crippen LogP contribution >= 0.6 is 11.6 Å². The Balaban J connectivity index is 2.43. The molecule has 0 bridgehead atoms. The molecular formula is C13H13ClO. The molecule has 0 aliphatic carbocycles. The number of carbonyl (C=O) groups excluding carboxylic acids is 1. The summed E-state index contributed by atoms with van der Waals surface area (Å²) in [6.07, 6.45) is 1.66. The molecule has 2 heteroatoms. The van der Waals surface area contributed by atoms with Crippen LogP contribution in [0.4, 0.5) is 0 Å². The summed E-state index contributed by atoms with van der Waals surface area (Å²) < 4.78 is 0. The quantitative estimate of drug-likeness (QED) is 0.712. The van der Waals surface area contributed by atoms with E-state index in [0.29, 0.717) is 24.3 Å². The van der Waals surface area contributed by atoms with Gasteiger partial charge in [-0.15, -0.1) is 11.8 Å². The standard InChI is InChI=1S/C13H13ClO/c1-2-3-4-5-13(15)10-11-6-8-12(14)9-7-11/h6-9H,4-5,10H2,1H3. The highest BCUT2D eigenvalue weighted by atomic mass is 35.5. The van der Waals surface area contributed by atoms with Crippen molar-refractivity contribution in [3.8, 4) is 11.8 Å². The summed E-state index contributed by atoms with van der Waals surface area (Å²) in [7, 11) is 0. The Hall–Kier alpha value is -1.26. The molecule has 78 valence electrons. The lowest BCUT2D eigenvalue weighted by molar-refractivity contribution is -0.118. The summed E-state index contributed by atoms with van der Waals surface area (Å²) in [5.41, 5.74) is 1.01. The number of halogens is 1. The zero-order chi connectivity index (χ0) is 11.1. The summed E-state index contributed by atoms with van der Waals surface area (Å²) in [5, 5.41) is 0.697. The Morgan fingerprint density at radius 2 is 2.00 bits per heavy atom. The average Bonchev–Trinajstić information content (AvgIpc) is 2.22. The van der Waals surface area contributed by atoms with Crippen LogP contribution in [0.15, 0.2) is 24.3 Å². The Morgan fingerprint density at radius 1 is 1.33 bits per heavy atom. The SMILES string of the molecule is CC#CCCC(=O)Cc1ccc(Cl)cc1. The van der Waals surface area contributed by atoms with E-state index in [1.165, 1.54) is 0 Å². The molecule has 0 amide bonds. The molecule has 0 heterocycles. The summed E-state index contributed by atoms with van der Waals surface area (Å²) in [4.78, 5) is 11.5. The van der Waals surface area contributed by atoms with Gasteiger partial charge in [0, 0.05) is 24.3 Å². The van der Waals surface area contributed by atoms with Gasteiger partial charge in [0.15, 0.2) is 0 Å². The maximum atomic E-state index is 11.5. The number of hydrogen-bond donors (Lipinski definition) is 0. The van der Waals surface area contributed by atoms with Crippen molar-refractivity contribution in [1.29, 1.82) is 0 Å². The number of Topliss-reactive ketones (excluding diaryl/α,β-unsaturated/α-hetero) is 1. The summed E-state index contributed by atoms with van der Waals surface area (Å²) in [6, 6.07) is 7.36. The molecule has 1 aromatic carbocycles. The third kappa shape index (κ3) is 4.67. The predicted octanol–water partition coefficient (Wildman–Crippen LogP) is 3.26. The maximum absolute atomic E-state index is 11.5. The Kier molecular flexibility index (Phi) is 4.93. The topological polar surface area (TPSA) is 17.1 Å². The molecule has 15 heavy (non-hydrogen) atoms. The second-order valence-electron chi connectivity index (χ2n) is 3.27. The van der Waals surface area contributed by atoms with E-state index < -0.39 is 0 Å². The van der Waals surface area contributed by atoms with Crippen LogP contribution in [0, 0.1) is 11.8 Å². The van der Waals surface area contributed by atoms with Crippen molar-refractivity contribution in [2.24, 2.45) is 0 Å². The number of rotatable bonds is 4. The summed E-state index contributed by atoms with van der Waals surface area (Å²) in [6.45, 7) is 1.78. The molecule has 1 nitrogen and oxygen atoms in total. The molecule has 0 fully saturated rings. The molecular weight excluding hydrogens is 208 g/mol. The fourth-order valence-electron chi connectivity index (χ4n) is 1.25. The molecule has 0 atom stereocenters. The third-order valence-corrected chi connectivity index (χ3v) is 2.27. The van der Waals surface area contributed by atoms with Crippen LogP contribution in [-0.2, 0) is 11.2 Å². The van der Waals surface area contributed by atoms with Gasteiger partial charge in [-0.05, 0) is 24.6 Å². The molecule has 0 unspecified atom stereocenters. The van der Waals surface area contributed by atoms with E-state index >= 15 is 0 Å². The zero-order valence-corrected chi connectivity index (χ0v) is 9.47. The Morgan fingerprint density at radius 3 is 2.60 bits per heavy atom. The highest BCUT2D eigenvalue weighted by Gasteiger charge is 2.02. The molecule has 0 aromatic heterocycles. The average molecular weight is 221 g/mol. The van der Waals surface area contributed by atoms with Gasteiger partial charge in [-0.3, -0.25) is 4.79 Å². The fraction of sp³-hybridized carbons (Fsp3) is 0.308. The molecule has 0 aliphatic heterocycles. The normalized spacial score (nSPS) is 9.20. The van der Waals surface area contributed by atoms with Crippen LogP contribution in [0.5, 0.6) is 0 Å². The molecule has 0 N–H and O–H groups in total. The molecule has 0 radical (unpaired) electrons. The second kappa shape index (κ2) is 6.27. The Labute approximate surface area is 95.5 Å². The first-order valence-corrected chi connectivity index (χ1v) is 5.26. The van der Waals surface area contributed by atoms with E-state index in [1.807, 2.05) is 12.1 Å². The van der Waals surface area contributed by atoms with Gasteiger partial charge in [0.2, 0.25) is 0 Å². The smallest absolute Gasteiger partial charge is 0.138 e. The third-order valence-electron chi connectivity index (χ3n) is 2.02. The highest BCUT2D eigenvalue weighted by Crippen LogP contribution is 2.10. The van der Waals surface area contributed by atoms with Gasteiger partial charge in [0.05, 0.1) is 0 Å². The van der Waals surface area contributed by atoms with E-state index in [2.05, 4.69) is 11.8 Å². The number of benzene rings is 1. The molecule has 0 saturated heterocycles. The van der Waals surface area contributed by atoms with Gasteiger partial charge in [0.1, 0.15) is 5.78 Å². The lowest BCUT2D eigenvalue weighted by Gasteiger charge is -1.99. The molecule has 1 aromatic rings. The van der Waals surface area contributed by atoms with Gasteiger partial charge in [0.25, 0.3) is 0 Å². The van der Waals surface area contributed by atoms with Gasteiger partial charge in [-0.2, -0.15) is 0 Å². The van der Waals surface area contributed by atoms with Crippen molar-refractivity contribution < 1.29 is 4.79 Å². The first kappa shape index (κ1) is 11.8. The first-order chi connectivity index (χ1) is 7.22. The van der Waals surface area contributed by atoms with Crippen LogP contribution in [0.25, 0.3) is 0 Å². The van der Waals surface area contributed by atoms with E-state index in [0.717, 1.165) is 5.56 Å². The number of hydrogen-bond acceptors (Lipinski definition) is 1.